The minimum Gasteiger partial charge on any atom is -0.493 e. The SMILES string of the molecule is CC(C)CCC1(C(=O)O)CCOc2ccccc21. The molecule has 1 aromatic carbocycles. The van der Waals surface area contributed by atoms with Crippen molar-refractivity contribution in [3.05, 3.63) is 29.8 Å². The van der Waals surface area contributed by atoms with E-state index in [4.69, 9.17) is 4.74 Å². The average Bonchev–Trinajstić information content (AvgIpc) is 2.36. The summed E-state index contributed by atoms with van der Waals surface area (Å²) in [6.07, 6.45) is 2.16. The van der Waals surface area contributed by atoms with Crippen molar-refractivity contribution in [2.45, 2.75) is 38.5 Å². The van der Waals surface area contributed by atoms with Crippen LogP contribution in [0.25, 0.3) is 0 Å². The zero-order valence-electron chi connectivity index (χ0n) is 11.0. The van der Waals surface area contributed by atoms with Gasteiger partial charge >= 0.3 is 5.97 Å². The maximum atomic E-state index is 11.8. The molecule has 0 saturated heterocycles. The first kappa shape index (κ1) is 12.9. The molecule has 1 heterocycles. The van der Waals surface area contributed by atoms with Crippen LogP contribution in [-0.4, -0.2) is 17.7 Å². The number of hydrogen-bond acceptors (Lipinski definition) is 2. The monoisotopic (exact) mass is 248 g/mol. The van der Waals surface area contributed by atoms with Gasteiger partial charge in [0.1, 0.15) is 5.75 Å². The van der Waals surface area contributed by atoms with E-state index in [1.165, 1.54) is 0 Å². The standard InChI is InChI=1S/C15H20O3/c1-11(2)7-8-15(14(16)17)9-10-18-13-6-4-3-5-12(13)15/h3-6,11H,7-10H2,1-2H3,(H,16,17). The summed E-state index contributed by atoms with van der Waals surface area (Å²) in [6, 6.07) is 7.53. The molecule has 18 heavy (non-hydrogen) atoms. The second kappa shape index (κ2) is 5.01. The van der Waals surface area contributed by atoms with Crippen LogP contribution < -0.4 is 4.74 Å². The molecule has 3 heteroatoms. The van der Waals surface area contributed by atoms with Gasteiger partial charge in [-0.25, -0.2) is 0 Å². The predicted molar refractivity (Wildman–Crippen MR) is 69.9 cm³/mol. The number of hydrogen-bond donors (Lipinski definition) is 1. The number of para-hydroxylation sites is 1. The van der Waals surface area contributed by atoms with Gasteiger partial charge in [-0.3, -0.25) is 4.79 Å². The molecule has 0 aromatic heterocycles. The highest BCUT2D eigenvalue weighted by molar-refractivity contribution is 5.83. The molecule has 1 aromatic rings. The van der Waals surface area contributed by atoms with Crippen LogP contribution in [0.4, 0.5) is 0 Å². The summed E-state index contributed by atoms with van der Waals surface area (Å²) in [5, 5.41) is 9.69. The lowest BCUT2D eigenvalue weighted by molar-refractivity contribution is -0.145. The second-order valence-electron chi connectivity index (χ2n) is 5.41. The van der Waals surface area contributed by atoms with E-state index in [-0.39, 0.29) is 0 Å². The van der Waals surface area contributed by atoms with Crippen molar-refractivity contribution in [1.29, 1.82) is 0 Å². The summed E-state index contributed by atoms with van der Waals surface area (Å²) in [4.78, 5) is 11.8. The Morgan fingerprint density at radius 3 is 2.83 bits per heavy atom. The van der Waals surface area contributed by atoms with Crippen LogP contribution in [0.2, 0.25) is 0 Å². The lowest BCUT2D eigenvalue weighted by Gasteiger charge is -2.35. The highest BCUT2D eigenvalue weighted by atomic mass is 16.5. The molecular formula is C15H20O3. The Balaban J connectivity index is 2.39. The molecule has 0 saturated carbocycles. The van der Waals surface area contributed by atoms with Gasteiger partial charge in [0.15, 0.2) is 0 Å². The number of benzene rings is 1. The third-order valence-corrected chi connectivity index (χ3v) is 3.75. The lowest BCUT2D eigenvalue weighted by atomic mass is 9.72. The molecule has 0 amide bonds. The van der Waals surface area contributed by atoms with Gasteiger partial charge in [-0.15, -0.1) is 0 Å². The number of fused-ring (bicyclic) bond motifs is 1. The summed E-state index contributed by atoms with van der Waals surface area (Å²) in [7, 11) is 0. The molecule has 0 aliphatic carbocycles. The summed E-state index contributed by atoms with van der Waals surface area (Å²) < 4.78 is 5.57. The van der Waals surface area contributed by atoms with Gasteiger partial charge in [-0.1, -0.05) is 32.0 Å². The molecule has 0 bridgehead atoms. The molecule has 3 nitrogen and oxygen atoms in total. The summed E-state index contributed by atoms with van der Waals surface area (Å²) in [6.45, 7) is 4.74. The molecule has 0 radical (unpaired) electrons. The van der Waals surface area contributed by atoms with E-state index in [0.29, 0.717) is 25.4 Å². The number of ether oxygens (including phenoxy) is 1. The Labute approximate surface area is 108 Å². The Kier molecular flexibility index (Phi) is 3.60. The number of carbonyl (C=O) groups is 1. The minimum atomic E-state index is -0.765. The van der Waals surface area contributed by atoms with Crippen LogP contribution in [0.3, 0.4) is 0 Å². The normalized spacial score (nSPS) is 22.4. The summed E-state index contributed by atoms with van der Waals surface area (Å²) >= 11 is 0. The van der Waals surface area contributed by atoms with Crippen molar-refractivity contribution in [2.24, 2.45) is 5.92 Å². The molecule has 1 unspecified atom stereocenters. The molecular weight excluding hydrogens is 228 g/mol. The van der Waals surface area contributed by atoms with E-state index in [1.54, 1.807) is 0 Å². The van der Waals surface area contributed by atoms with E-state index >= 15 is 0 Å². The highest BCUT2D eigenvalue weighted by Crippen LogP contribution is 2.42. The number of carboxylic acid groups (broad SMARTS) is 1. The third kappa shape index (κ3) is 2.22. The van der Waals surface area contributed by atoms with Crippen molar-refractivity contribution < 1.29 is 14.6 Å². The molecule has 0 spiro atoms. The molecule has 1 aliphatic heterocycles. The van der Waals surface area contributed by atoms with Crippen LogP contribution >= 0.6 is 0 Å². The largest absolute Gasteiger partial charge is 0.493 e. The minimum absolute atomic E-state index is 0.488. The average molecular weight is 248 g/mol. The maximum Gasteiger partial charge on any atom is 0.314 e. The Hall–Kier alpha value is -1.51. The first-order chi connectivity index (χ1) is 8.56. The van der Waals surface area contributed by atoms with Crippen molar-refractivity contribution in [3.8, 4) is 5.75 Å². The lowest BCUT2D eigenvalue weighted by Crippen LogP contribution is -2.40. The van der Waals surface area contributed by atoms with Gasteiger partial charge in [0, 0.05) is 12.0 Å². The maximum absolute atomic E-state index is 11.8. The van der Waals surface area contributed by atoms with Gasteiger partial charge in [0.2, 0.25) is 0 Å². The van der Waals surface area contributed by atoms with Crippen LogP contribution in [0.5, 0.6) is 5.75 Å². The molecule has 1 N–H and O–H groups in total. The molecule has 1 aliphatic rings. The summed E-state index contributed by atoms with van der Waals surface area (Å²) in [5.41, 5.74) is 0.0726. The highest BCUT2D eigenvalue weighted by Gasteiger charge is 2.44. The van der Waals surface area contributed by atoms with Crippen molar-refractivity contribution in [3.63, 3.8) is 0 Å². The Morgan fingerprint density at radius 2 is 2.17 bits per heavy atom. The van der Waals surface area contributed by atoms with Gasteiger partial charge in [-0.2, -0.15) is 0 Å². The van der Waals surface area contributed by atoms with E-state index in [9.17, 15) is 9.90 Å². The fourth-order valence-corrected chi connectivity index (χ4v) is 2.58. The van der Waals surface area contributed by atoms with Crippen LogP contribution in [0, 0.1) is 5.92 Å². The third-order valence-electron chi connectivity index (χ3n) is 3.75. The Morgan fingerprint density at radius 1 is 1.44 bits per heavy atom. The van der Waals surface area contributed by atoms with E-state index in [1.807, 2.05) is 24.3 Å². The fourth-order valence-electron chi connectivity index (χ4n) is 2.58. The topological polar surface area (TPSA) is 46.5 Å². The predicted octanol–water partition coefficient (Wildman–Crippen LogP) is 3.23. The summed E-state index contributed by atoms with van der Waals surface area (Å²) in [5.74, 6) is 0.519. The quantitative estimate of drug-likeness (QED) is 0.889. The first-order valence-corrected chi connectivity index (χ1v) is 6.52. The molecule has 1 atom stereocenters. The zero-order chi connectivity index (χ0) is 13.2. The van der Waals surface area contributed by atoms with Gasteiger partial charge in [-0.05, 0) is 24.8 Å². The van der Waals surface area contributed by atoms with Gasteiger partial charge in [0.25, 0.3) is 0 Å². The van der Waals surface area contributed by atoms with Gasteiger partial charge < -0.3 is 9.84 Å². The van der Waals surface area contributed by atoms with Crippen molar-refractivity contribution in [1.82, 2.24) is 0 Å². The zero-order valence-corrected chi connectivity index (χ0v) is 11.0. The van der Waals surface area contributed by atoms with Crippen molar-refractivity contribution >= 4 is 5.97 Å². The van der Waals surface area contributed by atoms with Crippen LogP contribution in [0.1, 0.15) is 38.7 Å². The first-order valence-electron chi connectivity index (χ1n) is 6.52. The number of carboxylic acids is 1. The van der Waals surface area contributed by atoms with Crippen LogP contribution in [-0.2, 0) is 10.2 Å². The molecule has 2 rings (SSSR count). The number of aliphatic carboxylic acids is 1. The smallest absolute Gasteiger partial charge is 0.314 e. The molecule has 0 fully saturated rings. The van der Waals surface area contributed by atoms with Gasteiger partial charge in [0.05, 0.1) is 12.0 Å². The van der Waals surface area contributed by atoms with E-state index in [2.05, 4.69) is 13.8 Å². The van der Waals surface area contributed by atoms with Crippen LogP contribution in [0.15, 0.2) is 24.3 Å². The Bertz CT molecular complexity index is 439. The van der Waals surface area contributed by atoms with E-state index in [0.717, 1.165) is 17.7 Å². The van der Waals surface area contributed by atoms with Crippen molar-refractivity contribution in [2.75, 3.05) is 6.61 Å². The van der Waals surface area contributed by atoms with E-state index < -0.39 is 11.4 Å². The fraction of sp³-hybridized carbons (Fsp3) is 0.533. The second-order valence-corrected chi connectivity index (χ2v) is 5.41. The number of rotatable bonds is 4. The molecule has 98 valence electrons.